The van der Waals surface area contributed by atoms with E-state index in [1.807, 2.05) is 99.3 Å². The SMILES string of the molecule is CC(C)Cc1cc2c(s1)C[C@H]1c3cc4occc4cc3CCN1C2.COc1cc2c(cc1O)[C@@H]1Cc3sc(CN4CCN(C)CC4)cc3CN1CC2.COc1cc2c(cc1O)[C@@H]1Cc3sc(CN4CCOCC4)cc3CN1CC2.COc1cc2c(cc1O)[C@@H]1Cc3sc(COCCO)cc3CN1CC2.c1nc2cc3c(cc2o1)CN1CCc2sccc2[C@@H]1C3. The first-order valence-corrected chi connectivity index (χ1v) is 48.8. The van der Waals surface area contributed by atoms with Crippen LogP contribution in [0.2, 0.25) is 0 Å². The lowest BCUT2D eigenvalue weighted by Gasteiger charge is -2.40. The van der Waals surface area contributed by atoms with Crippen LogP contribution in [0.3, 0.4) is 0 Å². The van der Waals surface area contributed by atoms with E-state index in [9.17, 15) is 15.3 Å². The van der Waals surface area contributed by atoms with E-state index in [0.29, 0.717) is 60.7 Å². The van der Waals surface area contributed by atoms with Gasteiger partial charge in [0, 0.05) is 223 Å². The number of methoxy groups -OCH3 is 3. The van der Waals surface area contributed by atoms with Gasteiger partial charge in [-0.3, -0.25) is 34.3 Å². The second-order valence-electron chi connectivity index (χ2n) is 36.1. The summed E-state index contributed by atoms with van der Waals surface area (Å²) in [5, 5.41) is 43.1. The molecule has 12 aliphatic rings. The highest BCUT2D eigenvalue weighted by Crippen LogP contribution is 2.50. The van der Waals surface area contributed by atoms with Gasteiger partial charge in [0.1, 0.15) is 11.1 Å². The zero-order valence-corrected chi connectivity index (χ0v) is 76.3. The zero-order chi connectivity index (χ0) is 84.4. The van der Waals surface area contributed by atoms with E-state index in [-0.39, 0.29) is 23.9 Å². The number of aromatic hydroxyl groups is 3. The van der Waals surface area contributed by atoms with E-state index < -0.39 is 0 Å². The van der Waals surface area contributed by atoms with E-state index in [1.54, 1.807) is 53.5 Å². The van der Waals surface area contributed by atoms with Crippen LogP contribution in [0, 0.1) is 5.92 Å². The maximum Gasteiger partial charge on any atom is 0.181 e. The minimum Gasteiger partial charge on any atom is -0.504 e. The number of piperazine rings is 1. The number of likely N-dealkylation sites (N-methyl/N-ethyl adjacent to an activating group) is 1. The fourth-order valence-electron chi connectivity index (χ4n) is 21.4. The lowest BCUT2D eigenvalue weighted by atomic mass is 9.86. The van der Waals surface area contributed by atoms with Gasteiger partial charge in [-0.25, -0.2) is 4.98 Å². The van der Waals surface area contributed by atoms with Crippen molar-refractivity contribution in [1.82, 2.24) is 44.2 Å². The number of thiophene rings is 5. The summed E-state index contributed by atoms with van der Waals surface area (Å²) in [5.41, 5.74) is 24.0. The van der Waals surface area contributed by atoms with Crippen molar-refractivity contribution in [3.05, 3.63) is 242 Å². The van der Waals surface area contributed by atoms with Crippen molar-refractivity contribution in [2.45, 2.75) is 167 Å². The molecule has 0 aliphatic carbocycles. The van der Waals surface area contributed by atoms with Gasteiger partial charge in [-0.15, -0.1) is 56.7 Å². The molecule has 0 radical (unpaired) electrons. The molecule has 5 aromatic carbocycles. The minimum atomic E-state index is 0.0602. The highest BCUT2D eigenvalue weighted by molar-refractivity contribution is 7.13. The predicted molar refractivity (Wildman–Crippen MR) is 493 cm³/mol. The Morgan fingerprint density at radius 1 is 0.435 bits per heavy atom. The lowest BCUT2D eigenvalue weighted by molar-refractivity contribution is 0.0346. The summed E-state index contributed by atoms with van der Waals surface area (Å²) in [6.45, 7) is 26.9. The summed E-state index contributed by atoms with van der Waals surface area (Å²) in [7, 11) is 7.04. The molecule has 0 saturated carbocycles. The number of oxazole rings is 1. The summed E-state index contributed by atoms with van der Waals surface area (Å²) in [6, 6.07) is 37.0. The van der Waals surface area contributed by atoms with Gasteiger partial charge >= 0.3 is 0 Å². The minimum absolute atomic E-state index is 0.0602. The maximum atomic E-state index is 10.3. The number of aliphatic hydroxyl groups excluding tert-OH is 1. The topological polar surface area (TPSA) is 192 Å². The molecular formula is C99H115N9O11S5. The van der Waals surface area contributed by atoms with Gasteiger partial charge in [-0.2, -0.15) is 0 Å². The molecule has 0 bridgehead atoms. The van der Waals surface area contributed by atoms with Crippen LogP contribution in [0.15, 0.2) is 124 Å². The van der Waals surface area contributed by atoms with Gasteiger partial charge in [0.15, 0.2) is 46.5 Å². The molecule has 19 heterocycles. The molecule has 2 fully saturated rings. The molecule has 0 unspecified atom stereocenters. The highest BCUT2D eigenvalue weighted by Gasteiger charge is 2.41. The molecule has 0 amide bonds. The second kappa shape index (κ2) is 36.6. The van der Waals surface area contributed by atoms with Gasteiger partial charge < -0.3 is 57.8 Å². The van der Waals surface area contributed by atoms with Crippen molar-refractivity contribution < 1.29 is 52.9 Å². The summed E-state index contributed by atoms with van der Waals surface area (Å²) in [4.78, 5) is 38.1. The van der Waals surface area contributed by atoms with Crippen LogP contribution < -0.4 is 14.2 Å². The molecule has 5 atom stereocenters. The summed E-state index contributed by atoms with van der Waals surface area (Å²) in [6.07, 6.45) is 15.3. The van der Waals surface area contributed by atoms with Crippen molar-refractivity contribution in [3.63, 3.8) is 0 Å². The van der Waals surface area contributed by atoms with Gasteiger partial charge in [-0.05, 0) is 244 Å². The van der Waals surface area contributed by atoms with E-state index in [2.05, 4.69) is 131 Å². The molecule has 12 aromatic rings. The summed E-state index contributed by atoms with van der Waals surface area (Å²) in [5.74, 6) is 3.21. The lowest BCUT2D eigenvalue weighted by Crippen LogP contribution is -2.43. The Morgan fingerprint density at radius 3 is 1.41 bits per heavy atom. The largest absolute Gasteiger partial charge is 0.504 e. The third kappa shape index (κ3) is 17.5. The molecule has 24 rings (SSSR count). The zero-order valence-electron chi connectivity index (χ0n) is 72.2. The Hall–Kier alpha value is -8.03. The highest BCUT2D eigenvalue weighted by atomic mass is 32.1. The Bertz CT molecular complexity index is 5820. The van der Waals surface area contributed by atoms with Crippen molar-refractivity contribution in [2.24, 2.45) is 5.92 Å². The Balaban J connectivity index is 0.0000000985. The molecule has 25 heteroatoms. The second-order valence-corrected chi connectivity index (χ2v) is 42.0. The van der Waals surface area contributed by atoms with E-state index in [4.69, 9.17) is 37.6 Å². The quantitative estimate of drug-likeness (QED) is 0.0796. The fourth-order valence-corrected chi connectivity index (χ4v) is 27.5. The van der Waals surface area contributed by atoms with Gasteiger partial charge in [0.2, 0.25) is 0 Å². The average molecular weight is 1770 g/mol. The molecule has 124 heavy (non-hydrogen) atoms. The number of hydrogen-bond donors (Lipinski definition) is 4. The van der Waals surface area contributed by atoms with E-state index in [0.717, 1.165) is 172 Å². The number of aromatic nitrogens is 1. The van der Waals surface area contributed by atoms with Gasteiger partial charge in [0.05, 0.1) is 60.6 Å². The van der Waals surface area contributed by atoms with Crippen molar-refractivity contribution in [2.75, 3.05) is 127 Å². The standard InChI is InChI=1S/C22H29N3O2S.C21H26N2O3S.C21H23NOS.C19H23NO4S.C16H14N2OS/c1-23-5-7-24(8-6-23)14-17-9-16-13-25-4-3-15-10-21(27-2)20(26)11-18(15)19(25)12-22(16)28-17;1-25-20-9-14-2-3-23-12-15-8-16(13-22-4-6-26-7-5-22)27-21(15)11-18(23)17(14)10-19(20)24;1-13(2)7-17-9-16-12-22-5-3-14-8-15-4-6-23-20(15)10-18(14)19(22)11-21(16)24-17;1-23-18-7-12-2-3-20-10-13-6-14(11-24-5-4-21)25-19(13)9-16(20)15(12)8-17(18)22;1-3-18-8-11-7-15-13(17-9-19-15)5-10(11)6-14(18)12-2-4-20-16(1)12/h9-11,19,26H,3-8,12-14H2,1-2H3;8-10,18,24H,2-7,11-13H2,1H3;4,6,8-10,13,19H,3,5,7,11-12H2,1-2H3;6-8,16,21-22H,2-5,9-11H2,1H3;2,4-5,7,9,14H,1,3,6,8H2/t19-;18-;19-;16-;14-/m00000/s1. The number of rotatable bonds is 13. The third-order valence-corrected chi connectivity index (χ3v) is 33.7. The third-order valence-electron chi connectivity index (χ3n) is 27.9. The number of fused-ring (bicyclic) bond motifs is 22. The van der Waals surface area contributed by atoms with Crippen LogP contribution in [0.1, 0.15) is 171 Å². The molecule has 2 saturated heterocycles. The van der Waals surface area contributed by atoms with Gasteiger partial charge in [-0.1, -0.05) is 13.8 Å². The Kier molecular flexibility index (Phi) is 24.8. The molecular weight excluding hydrogens is 1650 g/mol. The van der Waals surface area contributed by atoms with Crippen molar-refractivity contribution >= 4 is 78.8 Å². The Morgan fingerprint density at radius 2 is 0.895 bits per heavy atom. The number of phenolic OH excluding ortho intramolecular Hbond substituents is 3. The molecule has 0 spiro atoms. The molecule has 652 valence electrons. The first-order valence-electron chi connectivity index (χ1n) is 44.7. The molecule has 20 nitrogen and oxygen atoms in total. The smallest absolute Gasteiger partial charge is 0.181 e. The van der Waals surface area contributed by atoms with Crippen molar-refractivity contribution in [3.8, 4) is 34.5 Å². The van der Waals surface area contributed by atoms with Crippen LogP contribution in [-0.4, -0.2) is 191 Å². The Labute approximate surface area is 747 Å². The number of morpholine rings is 1. The van der Waals surface area contributed by atoms with Crippen LogP contribution >= 0.6 is 56.7 Å². The van der Waals surface area contributed by atoms with Crippen LogP contribution in [0.5, 0.6) is 34.5 Å². The van der Waals surface area contributed by atoms with Crippen LogP contribution in [-0.2, 0) is 133 Å². The molecule has 12 aliphatic heterocycles. The number of aliphatic hydroxyl groups is 1. The van der Waals surface area contributed by atoms with E-state index in [1.165, 1.54) is 159 Å². The normalized spacial score (nSPS) is 21.4. The fraction of sp³-hybridized carbons (Fsp3) is 0.465. The first-order chi connectivity index (χ1) is 60.6. The monoisotopic (exact) mass is 1770 g/mol. The maximum absolute atomic E-state index is 10.3. The van der Waals surface area contributed by atoms with Gasteiger partial charge in [0.25, 0.3) is 0 Å². The number of nitrogens with zero attached hydrogens (tertiary/aromatic N) is 9. The number of benzene rings is 5. The molecule has 4 N–H and O–H groups in total. The summed E-state index contributed by atoms with van der Waals surface area (Å²) < 4.78 is 37.9. The van der Waals surface area contributed by atoms with Crippen LogP contribution in [0.4, 0.5) is 0 Å². The predicted octanol–water partition coefficient (Wildman–Crippen LogP) is 17.3. The number of phenols is 3. The average Bonchev–Trinajstić information content (AvgIpc) is 1.36. The first kappa shape index (κ1) is 84.1. The van der Waals surface area contributed by atoms with Crippen LogP contribution in [0.25, 0.3) is 22.1 Å². The van der Waals surface area contributed by atoms with Crippen molar-refractivity contribution in [1.29, 1.82) is 0 Å². The van der Waals surface area contributed by atoms with E-state index >= 15 is 0 Å². The molecule has 7 aromatic heterocycles. The number of ether oxygens (including phenoxy) is 5. The number of furan rings is 1. The number of hydrogen-bond acceptors (Lipinski definition) is 25. The summed E-state index contributed by atoms with van der Waals surface area (Å²) >= 11 is 9.75.